The number of para-hydroxylation sites is 1. The quantitative estimate of drug-likeness (QED) is 0.874. The molecule has 1 atom stereocenters. The van der Waals surface area contributed by atoms with Crippen LogP contribution in [0.15, 0.2) is 48.8 Å². The van der Waals surface area contributed by atoms with Gasteiger partial charge in [-0.3, -0.25) is 9.78 Å². The molecule has 1 aliphatic heterocycles. The van der Waals surface area contributed by atoms with Gasteiger partial charge in [-0.25, -0.2) is 0 Å². The van der Waals surface area contributed by atoms with Gasteiger partial charge in [-0.15, -0.1) is 12.4 Å². The molecule has 1 aromatic carbocycles. The highest BCUT2D eigenvalue weighted by Gasteiger charge is 2.29. The molecule has 0 saturated carbocycles. The van der Waals surface area contributed by atoms with Crippen molar-refractivity contribution in [3.05, 3.63) is 59.9 Å². The number of pyridine rings is 1. The topological polar surface area (TPSA) is 59.2 Å². The van der Waals surface area contributed by atoms with Gasteiger partial charge in [0.25, 0.3) is 0 Å². The van der Waals surface area contributed by atoms with Crippen LogP contribution in [0.4, 0.5) is 5.69 Å². The fourth-order valence-corrected chi connectivity index (χ4v) is 3.13. The fourth-order valence-electron chi connectivity index (χ4n) is 3.13. The van der Waals surface area contributed by atoms with Crippen LogP contribution in [-0.2, 0) is 11.2 Å². The van der Waals surface area contributed by atoms with Crippen molar-refractivity contribution >= 4 is 24.0 Å². The zero-order valence-electron chi connectivity index (χ0n) is 13.0. The van der Waals surface area contributed by atoms with E-state index in [1.807, 2.05) is 41.4 Å². The minimum absolute atomic E-state index is 0. The van der Waals surface area contributed by atoms with Crippen LogP contribution in [-0.4, -0.2) is 22.3 Å². The average Bonchev–Trinajstić information content (AvgIpc) is 3.04. The highest BCUT2D eigenvalue weighted by molar-refractivity contribution is 5.85. The van der Waals surface area contributed by atoms with Crippen molar-refractivity contribution in [3.63, 3.8) is 0 Å². The van der Waals surface area contributed by atoms with Gasteiger partial charge < -0.3 is 10.6 Å². The Kier molecular flexibility index (Phi) is 5.99. The summed E-state index contributed by atoms with van der Waals surface area (Å²) < 4.78 is 0. The number of rotatable bonds is 4. The van der Waals surface area contributed by atoms with Gasteiger partial charge in [0.2, 0.25) is 5.91 Å². The number of hydrogen-bond donors (Lipinski definition) is 1. The Morgan fingerprint density at radius 2 is 2.09 bits per heavy atom. The SMILES string of the molecule is Cl.Nc1ccccc1CCC(=O)N1CCCC1c1cccnc1. The predicted octanol–water partition coefficient (Wildman–Crippen LogP) is 3.38. The van der Waals surface area contributed by atoms with Gasteiger partial charge >= 0.3 is 0 Å². The van der Waals surface area contributed by atoms with E-state index in [4.69, 9.17) is 5.73 Å². The van der Waals surface area contributed by atoms with Gasteiger partial charge in [0.05, 0.1) is 6.04 Å². The molecule has 0 radical (unpaired) electrons. The van der Waals surface area contributed by atoms with Crippen LogP contribution >= 0.6 is 12.4 Å². The first-order valence-electron chi connectivity index (χ1n) is 7.78. The van der Waals surface area contributed by atoms with Crippen LogP contribution in [0.3, 0.4) is 0 Å². The van der Waals surface area contributed by atoms with E-state index >= 15 is 0 Å². The van der Waals surface area contributed by atoms with E-state index in [2.05, 4.69) is 11.1 Å². The molecule has 1 unspecified atom stereocenters. The van der Waals surface area contributed by atoms with Crippen LogP contribution in [0.2, 0.25) is 0 Å². The molecule has 0 bridgehead atoms. The standard InChI is InChI=1S/C18H21N3O.ClH/c19-16-7-2-1-5-14(16)9-10-18(22)21-12-4-8-17(21)15-6-3-11-20-13-15;/h1-3,5-7,11,13,17H,4,8-10,12,19H2;1H. The van der Waals surface area contributed by atoms with E-state index in [1.165, 1.54) is 0 Å². The van der Waals surface area contributed by atoms with Crippen LogP contribution in [0.25, 0.3) is 0 Å². The number of nitrogen functional groups attached to an aromatic ring is 1. The Bertz CT molecular complexity index is 648. The van der Waals surface area contributed by atoms with E-state index in [0.29, 0.717) is 12.8 Å². The Morgan fingerprint density at radius 1 is 1.26 bits per heavy atom. The maximum atomic E-state index is 12.6. The number of benzene rings is 1. The first kappa shape index (κ1) is 17.3. The number of nitrogens with two attached hydrogens (primary N) is 1. The van der Waals surface area contributed by atoms with E-state index < -0.39 is 0 Å². The predicted molar refractivity (Wildman–Crippen MR) is 94.3 cm³/mol. The van der Waals surface area contributed by atoms with Gasteiger partial charge in [-0.05, 0) is 42.5 Å². The lowest BCUT2D eigenvalue weighted by atomic mass is 10.0. The molecule has 0 spiro atoms. The molecular weight excluding hydrogens is 310 g/mol. The van der Waals surface area contributed by atoms with Crippen molar-refractivity contribution in [1.29, 1.82) is 0 Å². The third-order valence-electron chi connectivity index (χ3n) is 4.31. The second-order valence-corrected chi connectivity index (χ2v) is 5.73. The van der Waals surface area contributed by atoms with Crippen molar-refractivity contribution in [2.45, 2.75) is 31.7 Å². The van der Waals surface area contributed by atoms with Crippen LogP contribution in [0.1, 0.15) is 36.4 Å². The van der Waals surface area contributed by atoms with Gasteiger partial charge in [-0.1, -0.05) is 24.3 Å². The second kappa shape index (κ2) is 7.97. The minimum atomic E-state index is 0. The molecule has 5 heteroatoms. The summed E-state index contributed by atoms with van der Waals surface area (Å²) in [7, 11) is 0. The first-order valence-corrected chi connectivity index (χ1v) is 7.78. The summed E-state index contributed by atoms with van der Waals surface area (Å²) in [5, 5.41) is 0. The summed E-state index contributed by atoms with van der Waals surface area (Å²) >= 11 is 0. The lowest BCUT2D eigenvalue weighted by Gasteiger charge is -2.25. The van der Waals surface area contributed by atoms with Crippen LogP contribution in [0, 0.1) is 0 Å². The Morgan fingerprint density at radius 3 is 2.83 bits per heavy atom. The molecular formula is C18H22ClN3O. The summed E-state index contributed by atoms with van der Waals surface area (Å²) in [6.45, 7) is 0.836. The maximum absolute atomic E-state index is 12.6. The molecule has 0 aliphatic carbocycles. The molecule has 2 N–H and O–H groups in total. The summed E-state index contributed by atoms with van der Waals surface area (Å²) in [4.78, 5) is 18.7. The van der Waals surface area contributed by atoms with Crippen LogP contribution < -0.4 is 5.73 Å². The number of carbonyl (C=O) groups is 1. The maximum Gasteiger partial charge on any atom is 0.223 e. The number of amides is 1. The van der Waals surface area contributed by atoms with Gasteiger partial charge in [0, 0.05) is 31.0 Å². The van der Waals surface area contributed by atoms with E-state index in [9.17, 15) is 4.79 Å². The largest absolute Gasteiger partial charge is 0.399 e. The molecule has 23 heavy (non-hydrogen) atoms. The molecule has 2 aromatic rings. The average molecular weight is 332 g/mol. The van der Waals surface area contributed by atoms with Crippen LogP contribution in [0.5, 0.6) is 0 Å². The third-order valence-corrected chi connectivity index (χ3v) is 4.31. The highest BCUT2D eigenvalue weighted by Crippen LogP contribution is 2.32. The number of anilines is 1. The Balaban J connectivity index is 0.00000192. The lowest BCUT2D eigenvalue weighted by Crippen LogP contribution is -2.30. The van der Waals surface area contributed by atoms with Crippen molar-refractivity contribution in [2.75, 3.05) is 12.3 Å². The molecule has 122 valence electrons. The highest BCUT2D eigenvalue weighted by atomic mass is 35.5. The molecule has 4 nitrogen and oxygen atoms in total. The molecule has 3 rings (SSSR count). The zero-order valence-corrected chi connectivity index (χ0v) is 13.8. The Hall–Kier alpha value is -2.07. The van der Waals surface area contributed by atoms with Gasteiger partial charge in [0.15, 0.2) is 0 Å². The third kappa shape index (κ3) is 4.02. The Labute approximate surface area is 143 Å². The zero-order chi connectivity index (χ0) is 15.4. The molecule has 1 amide bonds. The number of halogens is 1. The van der Waals surface area contributed by atoms with Crippen molar-refractivity contribution < 1.29 is 4.79 Å². The number of nitrogens with zero attached hydrogens (tertiary/aromatic N) is 2. The molecule has 1 fully saturated rings. The number of aromatic nitrogens is 1. The molecule has 1 aliphatic rings. The summed E-state index contributed by atoms with van der Waals surface area (Å²) in [5.41, 5.74) is 8.89. The first-order chi connectivity index (χ1) is 10.8. The van der Waals surface area contributed by atoms with Crippen molar-refractivity contribution in [3.8, 4) is 0 Å². The summed E-state index contributed by atoms with van der Waals surface area (Å²) in [6.07, 6.45) is 6.91. The second-order valence-electron chi connectivity index (χ2n) is 5.73. The lowest BCUT2D eigenvalue weighted by molar-refractivity contribution is -0.132. The van der Waals surface area contributed by atoms with Gasteiger partial charge in [0.1, 0.15) is 0 Å². The van der Waals surface area contributed by atoms with E-state index in [-0.39, 0.29) is 24.4 Å². The normalized spacial score (nSPS) is 16.9. The molecule has 2 heterocycles. The van der Waals surface area contributed by atoms with Crippen molar-refractivity contribution in [2.24, 2.45) is 0 Å². The van der Waals surface area contributed by atoms with Gasteiger partial charge in [-0.2, -0.15) is 0 Å². The molecule has 1 saturated heterocycles. The number of carbonyl (C=O) groups excluding carboxylic acids is 1. The monoisotopic (exact) mass is 331 g/mol. The number of likely N-dealkylation sites (tertiary alicyclic amines) is 1. The number of hydrogen-bond acceptors (Lipinski definition) is 3. The minimum Gasteiger partial charge on any atom is -0.399 e. The van der Waals surface area contributed by atoms with E-state index in [0.717, 1.165) is 36.2 Å². The smallest absolute Gasteiger partial charge is 0.223 e. The summed E-state index contributed by atoms with van der Waals surface area (Å²) in [5.74, 6) is 0.203. The number of aryl methyl sites for hydroxylation is 1. The van der Waals surface area contributed by atoms with E-state index in [1.54, 1.807) is 6.20 Å². The fraction of sp³-hybridized carbons (Fsp3) is 0.333. The van der Waals surface area contributed by atoms with Crippen molar-refractivity contribution in [1.82, 2.24) is 9.88 Å². The molecule has 1 aromatic heterocycles. The summed E-state index contributed by atoms with van der Waals surface area (Å²) in [6, 6.07) is 11.9.